The van der Waals surface area contributed by atoms with Gasteiger partial charge < -0.3 is 19.6 Å². The van der Waals surface area contributed by atoms with Gasteiger partial charge in [0.05, 0.1) is 6.61 Å². The number of phenolic OH excluding ortho intramolecular Hbond substituents is 1. The standard InChI is InChI=1S/C22H25NO4/c1-4-6-15-12-20(24)27-22-14(3)21(25)16(11-19(15)22)13-23-17-7-9-18(10-8-17)26-5-2/h7-12,23,25H,4-6,13H2,1-3H3. The normalized spacial score (nSPS) is 10.9. The fourth-order valence-corrected chi connectivity index (χ4v) is 3.22. The molecule has 0 aliphatic rings. The zero-order chi connectivity index (χ0) is 19.4. The second-order valence-corrected chi connectivity index (χ2v) is 6.54. The van der Waals surface area contributed by atoms with Crippen LogP contribution in [0.5, 0.6) is 11.5 Å². The first-order valence-electron chi connectivity index (χ1n) is 9.28. The van der Waals surface area contributed by atoms with Crippen LogP contribution in [0.25, 0.3) is 11.0 Å². The van der Waals surface area contributed by atoms with Crippen molar-refractivity contribution in [2.75, 3.05) is 11.9 Å². The second-order valence-electron chi connectivity index (χ2n) is 6.54. The van der Waals surface area contributed by atoms with Gasteiger partial charge in [0, 0.05) is 34.8 Å². The summed E-state index contributed by atoms with van der Waals surface area (Å²) in [5.41, 5.74) is 3.33. The Kier molecular flexibility index (Phi) is 5.69. The lowest BCUT2D eigenvalue weighted by Gasteiger charge is -2.14. The van der Waals surface area contributed by atoms with Crippen LogP contribution < -0.4 is 15.7 Å². The minimum atomic E-state index is -0.381. The van der Waals surface area contributed by atoms with E-state index in [1.807, 2.05) is 37.3 Å². The molecule has 1 aromatic heterocycles. The third-order valence-corrected chi connectivity index (χ3v) is 4.57. The van der Waals surface area contributed by atoms with E-state index in [0.29, 0.717) is 24.3 Å². The smallest absolute Gasteiger partial charge is 0.336 e. The summed E-state index contributed by atoms with van der Waals surface area (Å²) in [4.78, 5) is 11.8. The number of nitrogens with one attached hydrogen (secondary N) is 1. The summed E-state index contributed by atoms with van der Waals surface area (Å²) in [6.07, 6.45) is 1.72. The molecular formula is C22H25NO4. The van der Waals surface area contributed by atoms with Gasteiger partial charge in [0.25, 0.3) is 0 Å². The third kappa shape index (κ3) is 4.08. The Hall–Kier alpha value is -2.95. The minimum Gasteiger partial charge on any atom is -0.507 e. The largest absolute Gasteiger partial charge is 0.507 e. The highest BCUT2D eigenvalue weighted by molar-refractivity contribution is 5.86. The monoisotopic (exact) mass is 367 g/mol. The third-order valence-electron chi connectivity index (χ3n) is 4.57. The van der Waals surface area contributed by atoms with Crippen molar-refractivity contribution in [1.29, 1.82) is 0 Å². The zero-order valence-corrected chi connectivity index (χ0v) is 16.0. The van der Waals surface area contributed by atoms with E-state index in [0.717, 1.165) is 40.8 Å². The summed E-state index contributed by atoms with van der Waals surface area (Å²) < 4.78 is 10.8. The van der Waals surface area contributed by atoms with Crippen molar-refractivity contribution in [3.8, 4) is 11.5 Å². The molecule has 0 aliphatic heterocycles. The number of aromatic hydroxyl groups is 1. The highest BCUT2D eigenvalue weighted by Crippen LogP contribution is 2.32. The quantitative estimate of drug-likeness (QED) is 0.589. The first-order valence-corrected chi connectivity index (χ1v) is 9.28. The van der Waals surface area contributed by atoms with Gasteiger partial charge in [-0.3, -0.25) is 0 Å². The van der Waals surface area contributed by atoms with E-state index in [1.54, 1.807) is 13.0 Å². The van der Waals surface area contributed by atoms with Crippen molar-refractivity contribution in [2.24, 2.45) is 0 Å². The molecule has 0 unspecified atom stereocenters. The molecule has 5 heteroatoms. The van der Waals surface area contributed by atoms with Crippen LogP contribution in [-0.4, -0.2) is 11.7 Å². The Morgan fingerprint density at radius 3 is 2.52 bits per heavy atom. The Balaban J connectivity index is 1.92. The molecule has 142 valence electrons. The van der Waals surface area contributed by atoms with E-state index in [4.69, 9.17) is 9.15 Å². The topological polar surface area (TPSA) is 71.7 Å². The molecule has 0 saturated heterocycles. The Morgan fingerprint density at radius 2 is 1.85 bits per heavy atom. The van der Waals surface area contributed by atoms with Crippen LogP contribution in [-0.2, 0) is 13.0 Å². The number of rotatable bonds is 7. The van der Waals surface area contributed by atoms with E-state index >= 15 is 0 Å². The van der Waals surface area contributed by atoms with E-state index < -0.39 is 0 Å². The van der Waals surface area contributed by atoms with E-state index in [9.17, 15) is 9.90 Å². The van der Waals surface area contributed by atoms with E-state index in [1.165, 1.54) is 0 Å². The molecule has 0 bridgehead atoms. The molecule has 3 rings (SSSR count). The number of aryl methyl sites for hydroxylation is 2. The lowest BCUT2D eigenvalue weighted by molar-refractivity contribution is 0.340. The van der Waals surface area contributed by atoms with Gasteiger partial charge in [-0.1, -0.05) is 13.3 Å². The van der Waals surface area contributed by atoms with Crippen LogP contribution >= 0.6 is 0 Å². The number of fused-ring (bicyclic) bond motifs is 1. The van der Waals surface area contributed by atoms with Crippen LogP contribution in [0.1, 0.15) is 37.0 Å². The predicted octanol–water partition coefficient (Wildman–Crippen LogP) is 4.77. The molecular weight excluding hydrogens is 342 g/mol. The average Bonchev–Trinajstić information content (AvgIpc) is 2.66. The van der Waals surface area contributed by atoms with Crippen LogP contribution in [0.4, 0.5) is 5.69 Å². The van der Waals surface area contributed by atoms with Gasteiger partial charge in [-0.2, -0.15) is 0 Å². The number of hydrogen-bond donors (Lipinski definition) is 2. The molecule has 3 aromatic rings. The van der Waals surface area contributed by atoms with Crippen LogP contribution in [0.2, 0.25) is 0 Å². The van der Waals surface area contributed by atoms with Gasteiger partial charge in [0.15, 0.2) is 0 Å². The lowest BCUT2D eigenvalue weighted by atomic mass is 9.99. The molecule has 0 saturated carbocycles. The number of anilines is 1. The first-order chi connectivity index (χ1) is 13.0. The maximum Gasteiger partial charge on any atom is 0.336 e. The highest BCUT2D eigenvalue weighted by atomic mass is 16.5. The van der Waals surface area contributed by atoms with Crippen molar-refractivity contribution < 1.29 is 14.3 Å². The van der Waals surface area contributed by atoms with Gasteiger partial charge in [-0.15, -0.1) is 0 Å². The highest BCUT2D eigenvalue weighted by Gasteiger charge is 2.15. The molecule has 5 nitrogen and oxygen atoms in total. The van der Waals surface area contributed by atoms with Gasteiger partial charge >= 0.3 is 5.63 Å². The SMILES string of the molecule is CCCc1cc(=O)oc2c(C)c(O)c(CNc3ccc(OCC)cc3)cc12. The summed E-state index contributed by atoms with van der Waals surface area (Å²) in [6.45, 7) is 6.89. The van der Waals surface area contributed by atoms with Crippen molar-refractivity contribution in [3.63, 3.8) is 0 Å². The van der Waals surface area contributed by atoms with Gasteiger partial charge in [-0.25, -0.2) is 4.79 Å². The average molecular weight is 367 g/mol. The fourth-order valence-electron chi connectivity index (χ4n) is 3.22. The lowest BCUT2D eigenvalue weighted by Crippen LogP contribution is -2.05. The zero-order valence-electron chi connectivity index (χ0n) is 16.0. The Morgan fingerprint density at radius 1 is 1.11 bits per heavy atom. The van der Waals surface area contributed by atoms with E-state index in [-0.39, 0.29) is 11.4 Å². The summed E-state index contributed by atoms with van der Waals surface area (Å²) in [7, 11) is 0. The molecule has 0 amide bonds. The van der Waals surface area contributed by atoms with Crippen molar-refractivity contribution >= 4 is 16.7 Å². The number of benzene rings is 2. The number of ether oxygens (including phenoxy) is 1. The molecule has 0 spiro atoms. The Bertz CT molecular complexity index is 990. The van der Waals surface area contributed by atoms with Gasteiger partial charge in [-0.05, 0) is 56.2 Å². The Labute approximate surface area is 158 Å². The molecule has 0 fully saturated rings. The van der Waals surface area contributed by atoms with Gasteiger partial charge in [0.2, 0.25) is 0 Å². The van der Waals surface area contributed by atoms with Gasteiger partial charge in [0.1, 0.15) is 17.1 Å². The second kappa shape index (κ2) is 8.16. The van der Waals surface area contributed by atoms with Crippen LogP contribution in [0.15, 0.2) is 45.6 Å². The predicted molar refractivity (Wildman–Crippen MR) is 108 cm³/mol. The number of hydrogen-bond acceptors (Lipinski definition) is 5. The molecule has 27 heavy (non-hydrogen) atoms. The summed E-state index contributed by atoms with van der Waals surface area (Å²) in [5.74, 6) is 0.976. The molecule has 0 aliphatic carbocycles. The van der Waals surface area contributed by atoms with Crippen LogP contribution in [0, 0.1) is 6.92 Å². The van der Waals surface area contributed by atoms with Crippen molar-refractivity contribution in [1.82, 2.24) is 0 Å². The fraction of sp³-hybridized carbons (Fsp3) is 0.318. The van der Waals surface area contributed by atoms with Crippen molar-refractivity contribution in [3.05, 3.63) is 63.5 Å². The minimum absolute atomic E-state index is 0.151. The van der Waals surface area contributed by atoms with E-state index in [2.05, 4.69) is 12.2 Å². The summed E-state index contributed by atoms with van der Waals surface area (Å²) >= 11 is 0. The molecule has 1 heterocycles. The molecule has 0 radical (unpaired) electrons. The molecule has 2 N–H and O–H groups in total. The maximum absolute atomic E-state index is 11.8. The molecule has 2 aromatic carbocycles. The van der Waals surface area contributed by atoms with Crippen molar-refractivity contribution in [2.45, 2.75) is 40.2 Å². The van der Waals surface area contributed by atoms with Crippen LogP contribution in [0.3, 0.4) is 0 Å². The number of phenols is 1. The first kappa shape index (κ1) is 18.8. The molecule has 0 atom stereocenters. The maximum atomic E-state index is 11.8. The summed E-state index contributed by atoms with van der Waals surface area (Å²) in [5, 5.41) is 14.8. The summed E-state index contributed by atoms with van der Waals surface area (Å²) in [6, 6.07) is 11.2.